The van der Waals surface area contributed by atoms with E-state index in [1.54, 1.807) is 0 Å². The van der Waals surface area contributed by atoms with E-state index in [1.165, 1.54) is 12.1 Å². The van der Waals surface area contributed by atoms with Gasteiger partial charge in [0, 0.05) is 6.54 Å². The number of carbonyl (C=O) groups excluding carboxylic acids is 1. The molecule has 0 aliphatic heterocycles. The molecule has 2 amide bonds. The number of alkyl halides is 3. The molecule has 0 spiro atoms. The van der Waals surface area contributed by atoms with E-state index < -0.39 is 22.7 Å². The molecule has 2 N–H and O–H groups in total. The van der Waals surface area contributed by atoms with Gasteiger partial charge in [0.15, 0.2) is 5.13 Å². The largest absolute Gasteiger partial charge is 0.416 e. The predicted molar refractivity (Wildman–Crippen MR) is 76.1 cm³/mol. The van der Waals surface area contributed by atoms with Gasteiger partial charge in [0.25, 0.3) is 0 Å². The summed E-state index contributed by atoms with van der Waals surface area (Å²) in [7, 11) is 0. The highest BCUT2D eigenvalue weighted by Crippen LogP contribution is 2.29. The van der Waals surface area contributed by atoms with Gasteiger partial charge in [0.1, 0.15) is 6.20 Å². The minimum absolute atomic E-state index is 0.0123. The van der Waals surface area contributed by atoms with Crippen molar-refractivity contribution in [3.63, 3.8) is 0 Å². The minimum atomic E-state index is -4.46. The third-order valence-electron chi connectivity index (χ3n) is 2.60. The lowest BCUT2D eigenvalue weighted by atomic mass is 10.1. The normalized spacial score (nSPS) is 11.1. The van der Waals surface area contributed by atoms with E-state index in [1.807, 2.05) is 0 Å². The van der Waals surface area contributed by atoms with Gasteiger partial charge in [-0.1, -0.05) is 12.1 Å². The average Bonchev–Trinajstić information content (AvgIpc) is 2.93. The van der Waals surface area contributed by atoms with E-state index in [9.17, 15) is 28.1 Å². The number of hydrogen-bond acceptors (Lipinski definition) is 5. The van der Waals surface area contributed by atoms with Crippen LogP contribution >= 0.6 is 11.3 Å². The maximum Gasteiger partial charge on any atom is 0.416 e. The van der Waals surface area contributed by atoms with E-state index in [0.717, 1.165) is 18.3 Å². The molecule has 2 rings (SSSR count). The lowest BCUT2D eigenvalue weighted by molar-refractivity contribution is -0.380. The van der Waals surface area contributed by atoms with Crippen LogP contribution in [0.1, 0.15) is 11.1 Å². The van der Waals surface area contributed by atoms with E-state index in [-0.39, 0.29) is 22.2 Å². The number of urea groups is 1. The van der Waals surface area contributed by atoms with Crippen molar-refractivity contribution in [2.45, 2.75) is 12.7 Å². The Hall–Kier alpha value is -2.69. The molecule has 0 fully saturated rings. The lowest BCUT2D eigenvalue weighted by Gasteiger charge is -2.09. The molecule has 0 aliphatic rings. The fraction of sp³-hybridized carbons (Fsp3) is 0.167. The quantitative estimate of drug-likeness (QED) is 0.655. The number of rotatable bonds is 4. The summed E-state index contributed by atoms with van der Waals surface area (Å²) in [5, 5.41) is 14.9. The zero-order valence-electron chi connectivity index (χ0n) is 11.3. The van der Waals surface area contributed by atoms with Gasteiger partial charge in [-0.2, -0.15) is 13.2 Å². The molecule has 2 aromatic rings. The van der Waals surface area contributed by atoms with Crippen molar-refractivity contribution in [3.05, 3.63) is 51.7 Å². The van der Waals surface area contributed by atoms with Crippen LogP contribution in [0.3, 0.4) is 0 Å². The number of hydrogen-bond donors (Lipinski definition) is 2. The minimum Gasteiger partial charge on any atom is -0.334 e. The molecule has 23 heavy (non-hydrogen) atoms. The molecule has 7 nitrogen and oxygen atoms in total. The molecule has 11 heteroatoms. The number of thiazole rings is 1. The second kappa shape index (κ2) is 6.60. The Morgan fingerprint density at radius 2 is 2.13 bits per heavy atom. The second-order valence-electron chi connectivity index (χ2n) is 4.27. The molecule has 1 heterocycles. The Balaban J connectivity index is 1.92. The first-order chi connectivity index (χ1) is 10.8. The first-order valence-electron chi connectivity index (χ1n) is 6.07. The highest BCUT2D eigenvalue weighted by atomic mass is 32.1. The van der Waals surface area contributed by atoms with Gasteiger partial charge in [-0.05, 0) is 29.0 Å². The molecular weight excluding hydrogens is 337 g/mol. The van der Waals surface area contributed by atoms with Crippen LogP contribution in [0.15, 0.2) is 30.5 Å². The first-order valence-corrected chi connectivity index (χ1v) is 6.88. The standard InChI is InChI=1S/C12H9F3N4O3S/c13-12(14,15)8-3-1-2-7(4-8)5-16-10(20)18-11-17-6-9(23-11)19(21)22/h1-4,6H,5H2,(H2,16,17,18,20). The predicted octanol–water partition coefficient (Wildman–Crippen LogP) is 3.39. The van der Waals surface area contributed by atoms with Crippen molar-refractivity contribution < 1.29 is 22.9 Å². The van der Waals surface area contributed by atoms with Gasteiger partial charge >= 0.3 is 17.2 Å². The van der Waals surface area contributed by atoms with Crippen LogP contribution in [-0.2, 0) is 12.7 Å². The summed E-state index contributed by atoms with van der Waals surface area (Å²) in [6, 6.07) is 3.80. The number of aromatic nitrogens is 1. The number of nitrogens with zero attached hydrogens (tertiary/aromatic N) is 2. The summed E-state index contributed by atoms with van der Waals surface area (Å²) >= 11 is 0.666. The van der Waals surface area contributed by atoms with Crippen molar-refractivity contribution >= 4 is 27.5 Å². The summed E-state index contributed by atoms with van der Waals surface area (Å²) in [5.41, 5.74) is -0.548. The topological polar surface area (TPSA) is 97.2 Å². The maximum absolute atomic E-state index is 12.6. The van der Waals surface area contributed by atoms with Gasteiger partial charge in [-0.25, -0.2) is 9.78 Å². The number of amides is 2. The number of anilines is 1. The Kier molecular flexibility index (Phi) is 4.79. The molecule has 0 aliphatic carbocycles. The molecule has 0 atom stereocenters. The van der Waals surface area contributed by atoms with Gasteiger partial charge in [-0.3, -0.25) is 15.4 Å². The fourth-order valence-corrected chi connectivity index (χ4v) is 2.22. The maximum atomic E-state index is 12.6. The fourth-order valence-electron chi connectivity index (χ4n) is 1.59. The molecule has 0 saturated heterocycles. The Bertz CT molecular complexity index is 732. The summed E-state index contributed by atoms with van der Waals surface area (Å²) in [6.07, 6.45) is -3.47. The third-order valence-corrected chi connectivity index (χ3v) is 3.47. The van der Waals surface area contributed by atoms with Crippen LogP contribution in [0.25, 0.3) is 0 Å². The Labute approximate surface area is 131 Å². The van der Waals surface area contributed by atoms with Crippen molar-refractivity contribution in [3.8, 4) is 0 Å². The van der Waals surface area contributed by atoms with E-state index in [0.29, 0.717) is 11.3 Å². The van der Waals surface area contributed by atoms with Crippen LogP contribution in [-0.4, -0.2) is 15.9 Å². The van der Waals surface area contributed by atoms with Crippen molar-refractivity contribution in [2.24, 2.45) is 0 Å². The second-order valence-corrected chi connectivity index (χ2v) is 5.28. The van der Waals surface area contributed by atoms with Crippen LogP contribution in [0.2, 0.25) is 0 Å². The van der Waals surface area contributed by atoms with Crippen LogP contribution in [0, 0.1) is 10.1 Å². The zero-order valence-corrected chi connectivity index (χ0v) is 12.1. The SMILES string of the molecule is O=C(NCc1cccc(C(F)(F)F)c1)Nc1ncc([N+](=O)[O-])s1. The third kappa shape index (κ3) is 4.64. The molecule has 0 unspecified atom stereocenters. The van der Waals surface area contributed by atoms with Crippen molar-refractivity contribution in [2.75, 3.05) is 5.32 Å². The highest BCUT2D eigenvalue weighted by Gasteiger charge is 2.30. The molecular formula is C12H9F3N4O3S. The van der Waals surface area contributed by atoms with Crippen molar-refractivity contribution in [1.29, 1.82) is 0 Å². The van der Waals surface area contributed by atoms with Crippen molar-refractivity contribution in [1.82, 2.24) is 10.3 Å². The smallest absolute Gasteiger partial charge is 0.334 e. The number of halogens is 3. The Morgan fingerprint density at radius 3 is 2.74 bits per heavy atom. The molecule has 0 bridgehead atoms. The summed E-state index contributed by atoms with van der Waals surface area (Å²) in [5.74, 6) is 0. The van der Waals surface area contributed by atoms with E-state index in [4.69, 9.17) is 0 Å². The number of benzene rings is 1. The average molecular weight is 346 g/mol. The number of nitro groups is 1. The van der Waals surface area contributed by atoms with Gasteiger partial charge < -0.3 is 5.32 Å². The molecule has 0 saturated carbocycles. The monoisotopic (exact) mass is 346 g/mol. The molecule has 122 valence electrons. The highest BCUT2D eigenvalue weighted by molar-refractivity contribution is 7.18. The molecule has 1 aromatic carbocycles. The summed E-state index contributed by atoms with van der Waals surface area (Å²) in [4.78, 5) is 25.1. The summed E-state index contributed by atoms with van der Waals surface area (Å²) < 4.78 is 37.7. The Morgan fingerprint density at radius 1 is 1.39 bits per heavy atom. The van der Waals surface area contributed by atoms with Gasteiger partial charge in [-0.15, -0.1) is 0 Å². The van der Waals surface area contributed by atoms with Gasteiger partial charge in [0.05, 0.1) is 10.5 Å². The van der Waals surface area contributed by atoms with Crippen LogP contribution in [0.4, 0.5) is 28.1 Å². The molecule has 0 radical (unpaired) electrons. The van der Waals surface area contributed by atoms with Crippen LogP contribution < -0.4 is 10.6 Å². The number of nitrogens with one attached hydrogen (secondary N) is 2. The first kappa shape index (κ1) is 16.7. The van der Waals surface area contributed by atoms with Crippen LogP contribution in [0.5, 0.6) is 0 Å². The zero-order chi connectivity index (χ0) is 17.0. The lowest BCUT2D eigenvalue weighted by Crippen LogP contribution is -2.28. The molecule has 1 aromatic heterocycles. The van der Waals surface area contributed by atoms with E-state index >= 15 is 0 Å². The number of carbonyl (C=O) groups is 1. The van der Waals surface area contributed by atoms with Gasteiger partial charge in [0.2, 0.25) is 0 Å². The summed E-state index contributed by atoms with van der Waals surface area (Å²) in [6.45, 7) is -0.136. The van der Waals surface area contributed by atoms with E-state index in [2.05, 4.69) is 15.6 Å².